The van der Waals surface area contributed by atoms with Gasteiger partial charge in [0.1, 0.15) is 6.10 Å². The lowest BCUT2D eigenvalue weighted by molar-refractivity contribution is 0.151. The molecule has 1 aromatic heterocycles. The van der Waals surface area contributed by atoms with Crippen LogP contribution in [0.5, 0.6) is 0 Å². The Hall–Kier alpha value is -1.68. The van der Waals surface area contributed by atoms with Crippen LogP contribution in [0.15, 0.2) is 28.8 Å². The largest absolute Gasteiger partial charge is 0.384 e. The Kier molecular flexibility index (Phi) is 2.04. The molecule has 4 nitrogen and oxygen atoms in total. The maximum Gasteiger partial charge on any atom is 0.255 e. The van der Waals surface area contributed by atoms with Gasteiger partial charge in [0.15, 0.2) is 5.82 Å². The highest BCUT2D eigenvalue weighted by Crippen LogP contribution is 2.38. The molecule has 2 atom stereocenters. The van der Waals surface area contributed by atoms with Crippen molar-refractivity contribution in [2.75, 3.05) is 0 Å². The van der Waals surface area contributed by atoms with E-state index in [4.69, 9.17) is 4.52 Å². The smallest absolute Gasteiger partial charge is 0.255 e. The Bertz CT molecular complexity index is 519. The fourth-order valence-corrected chi connectivity index (χ4v) is 2.05. The van der Waals surface area contributed by atoms with Gasteiger partial charge in [-0.1, -0.05) is 29.4 Å². The summed E-state index contributed by atoms with van der Waals surface area (Å²) >= 11 is 0. The zero-order chi connectivity index (χ0) is 11.1. The van der Waals surface area contributed by atoms with Crippen LogP contribution < -0.4 is 0 Å². The van der Waals surface area contributed by atoms with Crippen LogP contribution in [0.2, 0.25) is 0 Å². The van der Waals surface area contributed by atoms with Gasteiger partial charge in [0, 0.05) is 0 Å². The average Bonchev–Trinajstić information content (AvgIpc) is 2.69. The van der Waals surface area contributed by atoms with Crippen molar-refractivity contribution in [1.29, 1.82) is 0 Å². The molecule has 1 heterocycles. The normalized spacial score (nSPS) is 20.0. The molecular weight excluding hydrogens is 204 g/mol. The van der Waals surface area contributed by atoms with Crippen LogP contribution in [-0.4, -0.2) is 15.2 Å². The summed E-state index contributed by atoms with van der Waals surface area (Å²) in [6, 6.07) is 8.25. The molecule has 3 rings (SSSR count). The molecule has 0 saturated carbocycles. The molecule has 4 heteroatoms. The maximum atomic E-state index is 9.31. The Morgan fingerprint density at radius 1 is 1.44 bits per heavy atom. The summed E-state index contributed by atoms with van der Waals surface area (Å²) in [7, 11) is 0. The second-order valence-electron chi connectivity index (χ2n) is 4.12. The lowest BCUT2D eigenvalue weighted by atomic mass is 9.77. The molecule has 1 aliphatic carbocycles. The van der Waals surface area contributed by atoms with Crippen LogP contribution in [0.4, 0.5) is 0 Å². The fraction of sp³-hybridized carbons (Fsp3) is 0.333. The molecule has 0 bridgehead atoms. The summed E-state index contributed by atoms with van der Waals surface area (Å²) in [5.41, 5.74) is 2.61. The Balaban J connectivity index is 1.91. The van der Waals surface area contributed by atoms with Crippen molar-refractivity contribution in [3.8, 4) is 0 Å². The SMILES string of the molecule is C[C@H](O)c1nc(C2Cc3ccccc32)no1. The number of fused-ring (bicyclic) bond motifs is 1. The first-order valence-electron chi connectivity index (χ1n) is 5.35. The van der Waals surface area contributed by atoms with Gasteiger partial charge in [0.25, 0.3) is 5.89 Å². The van der Waals surface area contributed by atoms with Gasteiger partial charge in [-0.2, -0.15) is 4.98 Å². The minimum atomic E-state index is -0.698. The second kappa shape index (κ2) is 3.42. The number of benzene rings is 1. The summed E-state index contributed by atoms with van der Waals surface area (Å²) < 4.78 is 4.99. The summed E-state index contributed by atoms with van der Waals surface area (Å²) in [6.07, 6.45) is 0.256. The molecule has 0 spiro atoms. The van der Waals surface area contributed by atoms with E-state index in [0.717, 1.165) is 6.42 Å². The summed E-state index contributed by atoms with van der Waals surface area (Å²) in [4.78, 5) is 4.20. The molecule has 0 fully saturated rings. The minimum Gasteiger partial charge on any atom is -0.384 e. The summed E-state index contributed by atoms with van der Waals surface area (Å²) in [6.45, 7) is 1.62. The summed E-state index contributed by atoms with van der Waals surface area (Å²) in [5.74, 6) is 1.20. The van der Waals surface area contributed by atoms with Gasteiger partial charge in [-0.05, 0) is 24.5 Å². The van der Waals surface area contributed by atoms with Crippen molar-refractivity contribution in [2.45, 2.75) is 25.4 Å². The van der Waals surface area contributed by atoms with Gasteiger partial charge in [0.2, 0.25) is 0 Å². The molecule has 0 radical (unpaired) electrons. The number of aliphatic hydroxyl groups is 1. The lowest BCUT2D eigenvalue weighted by Gasteiger charge is -2.27. The van der Waals surface area contributed by atoms with E-state index in [2.05, 4.69) is 22.3 Å². The highest BCUT2D eigenvalue weighted by molar-refractivity contribution is 5.43. The predicted octanol–water partition coefficient (Wildman–Crippen LogP) is 1.81. The van der Waals surface area contributed by atoms with Crippen LogP contribution in [0.3, 0.4) is 0 Å². The Labute approximate surface area is 92.9 Å². The highest BCUT2D eigenvalue weighted by Gasteiger charge is 2.31. The van der Waals surface area contributed by atoms with Crippen molar-refractivity contribution in [3.63, 3.8) is 0 Å². The van der Waals surface area contributed by atoms with Gasteiger partial charge in [-0.3, -0.25) is 0 Å². The monoisotopic (exact) mass is 216 g/mol. The van der Waals surface area contributed by atoms with Crippen LogP contribution in [-0.2, 0) is 6.42 Å². The van der Waals surface area contributed by atoms with Crippen molar-refractivity contribution in [1.82, 2.24) is 10.1 Å². The summed E-state index contributed by atoms with van der Waals surface area (Å²) in [5, 5.41) is 13.2. The van der Waals surface area contributed by atoms with E-state index in [-0.39, 0.29) is 5.92 Å². The van der Waals surface area contributed by atoms with Gasteiger partial charge in [-0.25, -0.2) is 0 Å². The van der Waals surface area contributed by atoms with Crippen molar-refractivity contribution in [3.05, 3.63) is 47.1 Å². The lowest BCUT2D eigenvalue weighted by Crippen LogP contribution is -2.19. The molecular formula is C12H12N2O2. The molecule has 2 aromatic rings. The van der Waals surface area contributed by atoms with Crippen molar-refractivity contribution >= 4 is 0 Å². The maximum absolute atomic E-state index is 9.31. The number of hydrogen-bond acceptors (Lipinski definition) is 4. The molecule has 1 aromatic carbocycles. The number of nitrogens with zero attached hydrogens (tertiary/aromatic N) is 2. The van der Waals surface area contributed by atoms with E-state index in [9.17, 15) is 5.11 Å². The molecule has 0 saturated heterocycles. The third-order valence-electron chi connectivity index (χ3n) is 2.98. The van der Waals surface area contributed by atoms with Crippen LogP contribution in [0.1, 0.15) is 41.8 Å². The zero-order valence-corrected chi connectivity index (χ0v) is 8.92. The molecule has 16 heavy (non-hydrogen) atoms. The average molecular weight is 216 g/mol. The van der Waals surface area contributed by atoms with Crippen molar-refractivity contribution < 1.29 is 9.63 Å². The topological polar surface area (TPSA) is 59.2 Å². The van der Waals surface area contributed by atoms with Gasteiger partial charge in [-0.15, -0.1) is 0 Å². The molecule has 1 unspecified atom stereocenters. The van der Waals surface area contributed by atoms with E-state index in [0.29, 0.717) is 11.7 Å². The van der Waals surface area contributed by atoms with E-state index in [1.165, 1.54) is 11.1 Å². The second-order valence-corrected chi connectivity index (χ2v) is 4.12. The van der Waals surface area contributed by atoms with Gasteiger partial charge in [0.05, 0.1) is 5.92 Å². The van der Waals surface area contributed by atoms with E-state index < -0.39 is 6.10 Å². The first-order chi connectivity index (χ1) is 7.75. The molecule has 0 aliphatic heterocycles. The molecule has 1 aliphatic rings. The van der Waals surface area contributed by atoms with Crippen molar-refractivity contribution in [2.24, 2.45) is 0 Å². The van der Waals surface area contributed by atoms with E-state index in [1.807, 2.05) is 12.1 Å². The Morgan fingerprint density at radius 2 is 2.25 bits per heavy atom. The zero-order valence-electron chi connectivity index (χ0n) is 8.92. The number of hydrogen-bond donors (Lipinski definition) is 1. The number of rotatable bonds is 2. The molecule has 1 N–H and O–H groups in total. The van der Waals surface area contributed by atoms with E-state index >= 15 is 0 Å². The number of aliphatic hydroxyl groups excluding tert-OH is 1. The Morgan fingerprint density at radius 3 is 2.94 bits per heavy atom. The quantitative estimate of drug-likeness (QED) is 0.831. The first kappa shape index (κ1) is 9.54. The highest BCUT2D eigenvalue weighted by atomic mass is 16.5. The van der Waals surface area contributed by atoms with Gasteiger partial charge < -0.3 is 9.63 Å². The third-order valence-corrected chi connectivity index (χ3v) is 2.98. The standard InChI is InChI=1S/C12H12N2O2/c1-7(15)12-13-11(14-16-12)10-6-8-4-2-3-5-9(8)10/h2-5,7,10,15H,6H2,1H3/t7-,10?/m0/s1. The predicted molar refractivity (Wildman–Crippen MR) is 56.9 cm³/mol. The fourth-order valence-electron chi connectivity index (χ4n) is 2.05. The minimum absolute atomic E-state index is 0.229. The third kappa shape index (κ3) is 1.34. The van der Waals surface area contributed by atoms with E-state index in [1.54, 1.807) is 6.92 Å². The number of aromatic nitrogens is 2. The van der Waals surface area contributed by atoms with Gasteiger partial charge >= 0.3 is 0 Å². The molecule has 0 amide bonds. The van der Waals surface area contributed by atoms with Crippen LogP contribution in [0, 0.1) is 0 Å². The molecule has 82 valence electrons. The first-order valence-corrected chi connectivity index (χ1v) is 5.35. The van der Waals surface area contributed by atoms with Crippen LogP contribution >= 0.6 is 0 Å². The van der Waals surface area contributed by atoms with Crippen LogP contribution in [0.25, 0.3) is 0 Å².